The topological polar surface area (TPSA) is 17.8 Å². The summed E-state index contributed by atoms with van der Waals surface area (Å²) in [7, 11) is 0. The van der Waals surface area contributed by atoms with E-state index in [1.807, 2.05) is 10.8 Å². The molecule has 1 heterocycles. The SMILES string of the molecule is CCCn1c[c-]nc1.[Na+]. The Morgan fingerprint density at radius 2 is 2.44 bits per heavy atom. The molecule has 0 aliphatic rings. The third-order valence-electron chi connectivity index (χ3n) is 0.986. The fourth-order valence-corrected chi connectivity index (χ4v) is 0.629. The van der Waals surface area contributed by atoms with Gasteiger partial charge in [0, 0.05) is 6.54 Å². The van der Waals surface area contributed by atoms with Gasteiger partial charge in [0.2, 0.25) is 0 Å². The van der Waals surface area contributed by atoms with Crippen LogP contribution in [0.15, 0.2) is 12.5 Å². The van der Waals surface area contributed by atoms with Crippen LogP contribution in [0.5, 0.6) is 0 Å². The van der Waals surface area contributed by atoms with E-state index in [0.29, 0.717) is 0 Å². The first-order valence-corrected chi connectivity index (χ1v) is 2.81. The molecule has 0 fully saturated rings. The summed E-state index contributed by atoms with van der Waals surface area (Å²) in [6, 6.07) is 0. The van der Waals surface area contributed by atoms with Gasteiger partial charge in [-0.15, -0.1) is 6.20 Å². The Kier molecular flexibility index (Phi) is 5.15. The van der Waals surface area contributed by atoms with Gasteiger partial charge in [-0.25, -0.2) is 0 Å². The zero-order chi connectivity index (χ0) is 5.82. The van der Waals surface area contributed by atoms with Crippen molar-refractivity contribution < 1.29 is 29.6 Å². The second-order valence-electron chi connectivity index (χ2n) is 1.74. The van der Waals surface area contributed by atoms with Crippen molar-refractivity contribution in [1.29, 1.82) is 0 Å². The Hall–Kier alpha value is 0.210. The van der Waals surface area contributed by atoms with Gasteiger partial charge in [0.15, 0.2) is 0 Å². The molecule has 0 unspecified atom stereocenters. The van der Waals surface area contributed by atoms with E-state index >= 15 is 0 Å². The predicted octanol–water partition coefficient (Wildman–Crippen LogP) is -1.90. The second kappa shape index (κ2) is 5.03. The molecule has 2 nitrogen and oxygen atoms in total. The molecule has 0 atom stereocenters. The fraction of sp³-hybridized carbons (Fsp3) is 0.500. The van der Waals surface area contributed by atoms with Crippen molar-refractivity contribution in [2.45, 2.75) is 19.9 Å². The molecule has 0 aliphatic carbocycles. The van der Waals surface area contributed by atoms with E-state index in [9.17, 15) is 0 Å². The maximum absolute atomic E-state index is 3.78. The normalized spacial score (nSPS) is 8.56. The number of rotatable bonds is 2. The number of hydrogen-bond acceptors (Lipinski definition) is 1. The first-order chi connectivity index (χ1) is 3.93. The fourth-order valence-electron chi connectivity index (χ4n) is 0.629. The van der Waals surface area contributed by atoms with Crippen molar-refractivity contribution in [1.82, 2.24) is 9.55 Å². The standard InChI is InChI=1S/C6H9N2.Na/c1-2-4-8-5-3-7-6-8;/h5-6H,2,4H2,1H3;/q-1;+1. The number of imidazole rings is 1. The van der Waals surface area contributed by atoms with Gasteiger partial charge in [0.05, 0.1) is 0 Å². The van der Waals surface area contributed by atoms with Crippen molar-refractivity contribution in [2.24, 2.45) is 0 Å². The largest absolute Gasteiger partial charge is 1.00 e. The van der Waals surface area contributed by atoms with Crippen LogP contribution >= 0.6 is 0 Å². The van der Waals surface area contributed by atoms with E-state index < -0.39 is 0 Å². The third kappa shape index (κ3) is 3.04. The monoisotopic (exact) mass is 132 g/mol. The molecule has 9 heavy (non-hydrogen) atoms. The number of aryl methyl sites for hydroxylation is 1. The Balaban J connectivity index is 0.000000640. The number of nitrogens with zero attached hydrogens (tertiary/aromatic N) is 2. The summed E-state index contributed by atoms with van der Waals surface area (Å²) < 4.78 is 2.01. The zero-order valence-electron chi connectivity index (χ0n) is 5.96. The molecule has 0 saturated carbocycles. The molecule has 1 aromatic rings. The van der Waals surface area contributed by atoms with Gasteiger partial charge >= 0.3 is 29.6 Å². The van der Waals surface area contributed by atoms with E-state index in [0.717, 1.165) is 13.0 Å². The van der Waals surface area contributed by atoms with Crippen molar-refractivity contribution in [2.75, 3.05) is 0 Å². The van der Waals surface area contributed by atoms with Crippen LogP contribution in [-0.2, 0) is 6.54 Å². The van der Waals surface area contributed by atoms with Crippen LogP contribution in [-0.4, -0.2) is 9.55 Å². The van der Waals surface area contributed by atoms with E-state index in [1.165, 1.54) is 0 Å². The molecule has 1 aromatic heterocycles. The van der Waals surface area contributed by atoms with Crippen LogP contribution in [0.1, 0.15) is 13.3 Å². The molecule has 0 aliphatic heterocycles. The molecule has 44 valence electrons. The van der Waals surface area contributed by atoms with Gasteiger partial charge in [-0.3, -0.25) is 0 Å². The minimum absolute atomic E-state index is 0. The summed E-state index contributed by atoms with van der Waals surface area (Å²) in [6.45, 7) is 3.19. The van der Waals surface area contributed by atoms with E-state index in [4.69, 9.17) is 0 Å². The van der Waals surface area contributed by atoms with Gasteiger partial charge in [-0.1, -0.05) is 19.4 Å². The van der Waals surface area contributed by atoms with E-state index in [2.05, 4.69) is 18.1 Å². The van der Waals surface area contributed by atoms with E-state index in [-0.39, 0.29) is 29.6 Å². The maximum atomic E-state index is 3.78. The minimum atomic E-state index is 0. The third-order valence-corrected chi connectivity index (χ3v) is 0.986. The van der Waals surface area contributed by atoms with Gasteiger partial charge in [-0.2, -0.15) is 0 Å². The summed E-state index contributed by atoms with van der Waals surface area (Å²) >= 11 is 0. The van der Waals surface area contributed by atoms with Crippen molar-refractivity contribution in [3.63, 3.8) is 0 Å². The molecule has 0 saturated heterocycles. The summed E-state index contributed by atoms with van der Waals surface area (Å²) in [4.78, 5) is 3.78. The quantitative estimate of drug-likeness (QED) is 0.339. The van der Waals surface area contributed by atoms with Crippen LogP contribution in [0.3, 0.4) is 0 Å². The van der Waals surface area contributed by atoms with Crippen LogP contribution in [0, 0.1) is 6.20 Å². The van der Waals surface area contributed by atoms with E-state index in [1.54, 1.807) is 6.33 Å². The number of hydrogen-bond donors (Lipinski definition) is 0. The summed E-state index contributed by atoms with van der Waals surface area (Å²) in [5, 5.41) is 0. The molecule has 0 bridgehead atoms. The molecule has 0 radical (unpaired) electrons. The first-order valence-electron chi connectivity index (χ1n) is 2.81. The average Bonchev–Trinajstić information content (AvgIpc) is 2.19. The minimum Gasteiger partial charge on any atom is -0.442 e. The Morgan fingerprint density at radius 3 is 2.89 bits per heavy atom. The van der Waals surface area contributed by atoms with Gasteiger partial charge in [-0.05, 0) is 6.42 Å². The Morgan fingerprint density at radius 1 is 1.67 bits per heavy atom. The van der Waals surface area contributed by atoms with Crippen LogP contribution in [0.2, 0.25) is 0 Å². The molecule has 0 spiro atoms. The van der Waals surface area contributed by atoms with Gasteiger partial charge in [0.25, 0.3) is 0 Å². The van der Waals surface area contributed by atoms with Crippen LogP contribution in [0.25, 0.3) is 0 Å². The molecule has 1 rings (SSSR count). The molecule has 0 aromatic carbocycles. The average molecular weight is 132 g/mol. The molecular weight excluding hydrogens is 123 g/mol. The predicted molar refractivity (Wildman–Crippen MR) is 31.4 cm³/mol. The zero-order valence-corrected chi connectivity index (χ0v) is 7.96. The molecule has 3 heteroatoms. The van der Waals surface area contributed by atoms with Gasteiger partial charge in [0.1, 0.15) is 0 Å². The van der Waals surface area contributed by atoms with Crippen LogP contribution in [0.4, 0.5) is 0 Å². The number of aromatic nitrogens is 2. The van der Waals surface area contributed by atoms with Crippen LogP contribution < -0.4 is 29.6 Å². The Labute approximate surface area is 77.6 Å². The summed E-state index contributed by atoms with van der Waals surface area (Å²) in [5.74, 6) is 0. The Bertz CT molecular complexity index is 137. The second-order valence-corrected chi connectivity index (χ2v) is 1.74. The molecule has 0 amide bonds. The summed E-state index contributed by atoms with van der Waals surface area (Å²) in [5.41, 5.74) is 0. The maximum Gasteiger partial charge on any atom is 1.00 e. The first kappa shape index (κ1) is 9.21. The van der Waals surface area contributed by atoms with Crippen molar-refractivity contribution in [3.05, 3.63) is 18.7 Å². The van der Waals surface area contributed by atoms with Crippen molar-refractivity contribution >= 4 is 0 Å². The smallest absolute Gasteiger partial charge is 0.442 e. The van der Waals surface area contributed by atoms with Crippen molar-refractivity contribution in [3.8, 4) is 0 Å². The molecule has 0 N–H and O–H groups in total. The van der Waals surface area contributed by atoms with Gasteiger partial charge < -0.3 is 9.55 Å². The summed E-state index contributed by atoms with van der Waals surface area (Å²) in [6.07, 6.45) is 7.52. The molecular formula is C6H9N2Na.